The summed E-state index contributed by atoms with van der Waals surface area (Å²) in [5, 5.41) is 19.1. The Morgan fingerprint density at radius 3 is 2.95 bits per heavy atom. The lowest BCUT2D eigenvalue weighted by molar-refractivity contribution is 0.0681. The molecule has 0 aliphatic carbocycles. The summed E-state index contributed by atoms with van der Waals surface area (Å²) in [7, 11) is 0. The highest BCUT2D eigenvalue weighted by molar-refractivity contribution is 9.10. The van der Waals surface area contributed by atoms with Crippen LogP contribution < -0.4 is 0 Å². The molecule has 1 heterocycles. The summed E-state index contributed by atoms with van der Waals surface area (Å²) in [6.45, 7) is 2.46. The molecule has 1 aromatic rings. The molecule has 1 aliphatic rings. The maximum Gasteiger partial charge on any atom is 0.254 e. The van der Waals surface area contributed by atoms with E-state index in [1.54, 1.807) is 24.0 Å². The Kier molecular flexibility index (Phi) is 4.47. The van der Waals surface area contributed by atoms with Gasteiger partial charge in [-0.15, -0.1) is 0 Å². The summed E-state index contributed by atoms with van der Waals surface area (Å²) < 4.78 is 0.575. The largest absolute Gasteiger partial charge is 0.507 e. The van der Waals surface area contributed by atoms with Gasteiger partial charge in [-0.1, -0.05) is 0 Å². The third-order valence-corrected chi connectivity index (χ3v) is 4.11. The van der Waals surface area contributed by atoms with Crippen LogP contribution in [0.1, 0.15) is 36.5 Å². The molecule has 5 heteroatoms. The van der Waals surface area contributed by atoms with Crippen molar-refractivity contribution >= 4 is 21.8 Å². The lowest BCUT2D eigenvalue weighted by Crippen LogP contribution is -2.37. The van der Waals surface area contributed by atoms with E-state index >= 15 is 0 Å². The second kappa shape index (κ2) is 5.92. The Morgan fingerprint density at radius 2 is 2.32 bits per heavy atom. The number of aliphatic hydroxyl groups is 1. The monoisotopic (exact) mass is 327 g/mol. The molecule has 1 aliphatic heterocycles. The van der Waals surface area contributed by atoms with E-state index in [9.17, 15) is 15.0 Å². The number of phenolic OH excluding ortho intramolecular Hbond substituents is 1. The van der Waals surface area contributed by atoms with Crippen LogP contribution in [0.2, 0.25) is 0 Å². The SMILES string of the molecule is CC(O)CC1CCCN1C(=O)c1ccc(Br)c(O)c1. The van der Waals surface area contributed by atoms with Gasteiger partial charge in [-0.05, 0) is 60.3 Å². The van der Waals surface area contributed by atoms with Gasteiger partial charge in [0.1, 0.15) is 5.75 Å². The number of aromatic hydroxyl groups is 1. The van der Waals surface area contributed by atoms with Crippen molar-refractivity contribution in [1.82, 2.24) is 4.90 Å². The molecule has 19 heavy (non-hydrogen) atoms. The van der Waals surface area contributed by atoms with Crippen LogP contribution in [-0.2, 0) is 0 Å². The quantitative estimate of drug-likeness (QED) is 0.896. The Labute approximate surface area is 121 Å². The predicted octanol–water partition coefficient (Wildman–Crippen LogP) is 2.53. The molecule has 2 N–H and O–H groups in total. The van der Waals surface area contributed by atoms with E-state index < -0.39 is 6.10 Å². The molecule has 0 radical (unpaired) electrons. The zero-order valence-electron chi connectivity index (χ0n) is 10.8. The van der Waals surface area contributed by atoms with Crippen molar-refractivity contribution in [2.45, 2.75) is 38.3 Å². The van der Waals surface area contributed by atoms with Crippen LogP contribution in [0.15, 0.2) is 22.7 Å². The normalized spacial score (nSPS) is 20.6. The molecule has 0 aromatic heterocycles. The first kappa shape index (κ1) is 14.3. The molecule has 4 nitrogen and oxygen atoms in total. The fraction of sp³-hybridized carbons (Fsp3) is 0.500. The number of hydrogen-bond donors (Lipinski definition) is 2. The van der Waals surface area contributed by atoms with Gasteiger partial charge in [0.15, 0.2) is 0 Å². The molecule has 1 fully saturated rings. The Morgan fingerprint density at radius 1 is 1.58 bits per heavy atom. The number of likely N-dealkylation sites (tertiary alicyclic amines) is 1. The Hall–Kier alpha value is -1.07. The second-order valence-electron chi connectivity index (χ2n) is 5.05. The summed E-state index contributed by atoms with van der Waals surface area (Å²) in [5.41, 5.74) is 0.484. The number of carbonyl (C=O) groups excluding carboxylic acids is 1. The van der Waals surface area contributed by atoms with E-state index in [0.717, 1.165) is 12.8 Å². The van der Waals surface area contributed by atoms with Crippen LogP contribution in [0.5, 0.6) is 5.75 Å². The summed E-state index contributed by atoms with van der Waals surface area (Å²) in [5.74, 6) is -0.0110. The van der Waals surface area contributed by atoms with Gasteiger partial charge in [-0.3, -0.25) is 4.79 Å². The van der Waals surface area contributed by atoms with E-state index in [2.05, 4.69) is 15.9 Å². The van der Waals surface area contributed by atoms with Crippen LogP contribution >= 0.6 is 15.9 Å². The van der Waals surface area contributed by atoms with Crippen LogP contribution in [0.25, 0.3) is 0 Å². The van der Waals surface area contributed by atoms with Crippen molar-refractivity contribution < 1.29 is 15.0 Å². The highest BCUT2D eigenvalue weighted by Crippen LogP contribution is 2.28. The van der Waals surface area contributed by atoms with Crippen molar-refractivity contribution in [3.05, 3.63) is 28.2 Å². The average molecular weight is 328 g/mol. The zero-order chi connectivity index (χ0) is 14.0. The van der Waals surface area contributed by atoms with Gasteiger partial charge in [-0.25, -0.2) is 0 Å². The number of halogens is 1. The molecule has 104 valence electrons. The summed E-state index contributed by atoms with van der Waals surface area (Å²) >= 11 is 3.20. The fourth-order valence-corrected chi connectivity index (χ4v) is 2.80. The standard InChI is InChI=1S/C14H18BrNO3/c1-9(17)7-11-3-2-6-16(11)14(19)10-4-5-12(15)13(18)8-10/h4-5,8-9,11,17-18H,2-3,6-7H2,1H3. The number of rotatable bonds is 3. The molecular weight excluding hydrogens is 310 g/mol. The number of benzene rings is 1. The minimum atomic E-state index is -0.406. The van der Waals surface area contributed by atoms with E-state index in [4.69, 9.17) is 0 Å². The molecule has 2 atom stereocenters. The third-order valence-electron chi connectivity index (χ3n) is 3.44. The lowest BCUT2D eigenvalue weighted by atomic mass is 10.1. The highest BCUT2D eigenvalue weighted by atomic mass is 79.9. The van der Waals surface area contributed by atoms with Gasteiger partial charge in [0, 0.05) is 18.2 Å². The smallest absolute Gasteiger partial charge is 0.254 e. The van der Waals surface area contributed by atoms with Gasteiger partial charge in [0.25, 0.3) is 5.91 Å². The maximum atomic E-state index is 12.4. The van der Waals surface area contributed by atoms with Gasteiger partial charge in [-0.2, -0.15) is 0 Å². The van der Waals surface area contributed by atoms with E-state index in [-0.39, 0.29) is 17.7 Å². The minimum absolute atomic E-state index is 0.0668. The van der Waals surface area contributed by atoms with Crippen molar-refractivity contribution in [2.24, 2.45) is 0 Å². The molecule has 2 unspecified atom stereocenters. The van der Waals surface area contributed by atoms with Crippen LogP contribution in [0.4, 0.5) is 0 Å². The molecule has 0 saturated carbocycles. The molecule has 0 bridgehead atoms. The molecule has 1 aromatic carbocycles. The van der Waals surface area contributed by atoms with Crippen LogP contribution in [-0.4, -0.2) is 39.7 Å². The fourth-order valence-electron chi connectivity index (χ4n) is 2.55. The van der Waals surface area contributed by atoms with Gasteiger partial charge >= 0.3 is 0 Å². The molecule has 1 saturated heterocycles. The number of carbonyl (C=O) groups is 1. The summed E-state index contributed by atoms with van der Waals surface area (Å²) in [6, 6.07) is 4.94. The molecule has 1 amide bonds. The first-order valence-electron chi connectivity index (χ1n) is 6.46. The van der Waals surface area contributed by atoms with Gasteiger partial charge < -0.3 is 15.1 Å². The van der Waals surface area contributed by atoms with E-state index in [1.807, 2.05) is 0 Å². The average Bonchev–Trinajstić information content (AvgIpc) is 2.79. The van der Waals surface area contributed by atoms with Crippen LogP contribution in [0.3, 0.4) is 0 Å². The maximum absolute atomic E-state index is 12.4. The van der Waals surface area contributed by atoms with Crippen molar-refractivity contribution in [3.8, 4) is 5.75 Å². The predicted molar refractivity (Wildman–Crippen MR) is 76.2 cm³/mol. The van der Waals surface area contributed by atoms with Crippen molar-refractivity contribution in [3.63, 3.8) is 0 Å². The minimum Gasteiger partial charge on any atom is -0.507 e. The van der Waals surface area contributed by atoms with Gasteiger partial charge in [0.05, 0.1) is 10.6 Å². The first-order chi connectivity index (χ1) is 8.99. The van der Waals surface area contributed by atoms with E-state index in [0.29, 0.717) is 23.0 Å². The first-order valence-corrected chi connectivity index (χ1v) is 7.26. The van der Waals surface area contributed by atoms with Crippen LogP contribution in [0, 0.1) is 0 Å². The van der Waals surface area contributed by atoms with Crippen molar-refractivity contribution in [2.75, 3.05) is 6.54 Å². The van der Waals surface area contributed by atoms with Crippen molar-refractivity contribution in [1.29, 1.82) is 0 Å². The number of nitrogens with zero attached hydrogens (tertiary/aromatic N) is 1. The van der Waals surface area contributed by atoms with Gasteiger partial charge in [0.2, 0.25) is 0 Å². The number of amides is 1. The lowest BCUT2D eigenvalue weighted by Gasteiger charge is -2.25. The number of phenols is 1. The highest BCUT2D eigenvalue weighted by Gasteiger charge is 2.30. The van der Waals surface area contributed by atoms with E-state index in [1.165, 1.54) is 6.07 Å². The molecular formula is C14H18BrNO3. The summed E-state index contributed by atoms with van der Waals surface area (Å²) in [6.07, 6.45) is 2.09. The number of aliphatic hydroxyl groups excluding tert-OH is 1. The number of hydrogen-bond acceptors (Lipinski definition) is 3. The zero-order valence-corrected chi connectivity index (χ0v) is 12.4. The second-order valence-corrected chi connectivity index (χ2v) is 5.90. The Balaban J connectivity index is 2.16. The molecule has 0 spiro atoms. The third kappa shape index (κ3) is 3.28. The molecule has 2 rings (SSSR count). The summed E-state index contributed by atoms with van der Waals surface area (Å²) in [4.78, 5) is 14.2. The Bertz CT molecular complexity index is 476. The topological polar surface area (TPSA) is 60.8 Å².